The van der Waals surface area contributed by atoms with Gasteiger partial charge in [0.1, 0.15) is 27.2 Å². The van der Waals surface area contributed by atoms with Gasteiger partial charge in [0.05, 0.1) is 5.69 Å². The van der Waals surface area contributed by atoms with E-state index in [0.717, 1.165) is 28.4 Å². The van der Waals surface area contributed by atoms with Gasteiger partial charge in [-0.05, 0) is 35.7 Å². The minimum atomic E-state index is -3.73. The van der Waals surface area contributed by atoms with Crippen LogP contribution in [-0.2, 0) is 21.4 Å². The van der Waals surface area contributed by atoms with Gasteiger partial charge < -0.3 is 4.74 Å². The van der Waals surface area contributed by atoms with E-state index in [-0.39, 0.29) is 22.2 Å². The molecule has 11 heteroatoms. The van der Waals surface area contributed by atoms with Crippen molar-refractivity contribution >= 4 is 50.4 Å². The number of hydrogen-bond donors (Lipinski definition) is 0. The Morgan fingerprint density at radius 2 is 1.87 bits per heavy atom. The molecule has 0 N–H and O–H groups in total. The van der Waals surface area contributed by atoms with Crippen LogP contribution in [0.3, 0.4) is 0 Å². The second-order valence-corrected chi connectivity index (χ2v) is 11.3. The Kier molecular flexibility index (Phi) is 6.54. The molecule has 0 saturated carbocycles. The zero-order valence-corrected chi connectivity index (χ0v) is 18.9. The lowest BCUT2D eigenvalue weighted by atomic mass is 10.2. The molecule has 1 aromatic carbocycles. The Bertz CT molecular complexity index is 1140. The molecule has 3 heterocycles. The van der Waals surface area contributed by atoms with Crippen molar-refractivity contribution in [3.05, 3.63) is 57.5 Å². The highest BCUT2D eigenvalue weighted by Gasteiger charge is 2.31. The van der Waals surface area contributed by atoms with Crippen molar-refractivity contribution in [1.29, 1.82) is 0 Å². The summed E-state index contributed by atoms with van der Waals surface area (Å²) in [6.07, 6.45) is 0. The number of hydrogen-bond acceptors (Lipinski definition) is 8. The van der Waals surface area contributed by atoms with E-state index in [1.165, 1.54) is 33.8 Å². The number of ether oxygens (including phenoxy) is 1. The van der Waals surface area contributed by atoms with E-state index in [0.29, 0.717) is 23.8 Å². The van der Waals surface area contributed by atoms with Crippen molar-refractivity contribution in [2.24, 2.45) is 0 Å². The summed E-state index contributed by atoms with van der Waals surface area (Å²) in [7, 11) is -3.73. The Labute approximate surface area is 185 Å². The van der Waals surface area contributed by atoms with Crippen LogP contribution in [0.25, 0.3) is 10.6 Å². The number of nitrogens with zero attached hydrogens (tertiary/aromatic N) is 2. The summed E-state index contributed by atoms with van der Waals surface area (Å²) in [5.41, 5.74) is 1.31. The number of sulfonamides is 1. The fourth-order valence-corrected chi connectivity index (χ4v) is 7.55. The molecule has 1 fully saturated rings. The Balaban J connectivity index is 1.44. The second kappa shape index (κ2) is 9.15. The van der Waals surface area contributed by atoms with Gasteiger partial charge in [0.15, 0.2) is 0 Å². The molecule has 30 heavy (non-hydrogen) atoms. The van der Waals surface area contributed by atoms with Gasteiger partial charge in [-0.25, -0.2) is 22.6 Å². The number of thioether (sulfide) groups is 1. The Morgan fingerprint density at radius 1 is 1.13 bits per heavy atom. The average molecular weight is 485 g/mol. The van der Waals surface area contributed by atoms with Crippen LogP contribution in [-0.4, -0.2) is 48.3 Å². The lowest BCUT2D eigenvalue weighted by molar-refractivity contribution is 0.0470. The van der Waals surface area contributed by atoms with Crippen LogP contribution in [0.4, 0.5) is 4.39 Å². The minimum Gasteiger partial charge on any atom is -0.455 e. The fraction of sp³-hybridized carbons (Fsp3) is 0.263. The van der Waals surface area contributed by atoms with Crippen LogP contribution in [0.1, 0.15) is 15.4 Å². The van der Waals surface area contributed by atoms with Crippen molar-refractivity contribution in [2.45, 2.75) is 11.5 Å². The fourth-order valence-electron chi connectivity index (χ4n) is 2.88. The molecular weight excluding hydrogens is 467 g/mol. The van der Waals surface area contributed by atoms with Crippen LogP contribution in [0, 0.1) is 5.82 Å². The first-order valence-electron chi connectivity index (χ1n) is 8.98. The quantitative estimate of drug-likeness (QED) is 0.490. The second-order valence-electron chi connectivity index (χ2n) is 6.36. The van der Waals surface area contributed by atoms with Crippen LogP contribution in [0.15, 0.2) is 46.0 Å². The number of esters is 1. The highest BCUT2D eigenvalue weighted by molar-refractivity contribution is 7.99. The molecule has 3 aromatic rings. The molecule has 0 spiro atoms. The Morgan fingerprint density at radius 3 is 2.60 bits per heavy atom. The van der Waals surface area contributed by atoms with E-state index < -0.39 is 16.0 Å². The molecule has 158 valence electrons. The maximum absolute atomic E-state index is 13.1. The Hall–Kier alpha value is -1.79. The molecule has 0 bridgehead atoms. The van der Waals surface area contributed by atoms with Crippen LogP contribution >= 0.6 is 34.4 Å². The predicted octanol–water partition coefficient (Wildman–Crippen LogP) is 4.11. The summed E-state index contributed by atoms with van der Waals surface area (Å²) in [6.45, 7) is 0.791. The number of thiophene rings is 1. The summed E-state index contributed by atoms with van der Waals surface area (Å²) in [5.74, 6) is 0.466. The SMILES string of the molecule is O=C(OCc1csc(-c2ccc(F)cc2)n1)c1sccc1S(=O)(=O)N1CCSCC1. The van der Waals surface area contributed by atoms with Crippen LogP contribution in [0.2, 0.25) is 0 Å². The van der Waals surface area contributed by atoms with E-state index in [9.17, 15) is 17.6 Å². The van der Waals surface area contributed by atoms with Gasteiger partial charge >= 0.3 is 5.97 Å². The molecule has 0 atom stereocenters. The summed E-state index contributed by atoms with van der Waals surface area (Å²) in [5, 5.41) is 4.02. The van der Waals surface area contributed by atoms with Crippen molar-refractivity contribution in [2.75, 3.05) is 24.6 Å². The van der Waals surface area contributed by atoms with Crippen LogP contribution < -0.4 is 0 Å². The molecule has 0 amide bonds. The number of carbonyl (C=O) groups is 1. The average Bonchev–Trinajstić information content (AvgIpc) is 3.43. The van der Waals surface area contributed by atoms with E-state index in [4.69, 9.17) is 4.74 Å². The van der Waals surface area contributed by atoms with Gasteiger partial charge in [0.25, 0.3) is 0 Å². The zero-order chi connectivity index (χ0) is 21.1. The summed E-state index contributed by atoms with van der Waals surface area (Å²) >= 11 is 4.11. The molecule has 6 nitrogen and oxygen atoms in total. The van der Waals surface area contributed by atoms with Crippen molar-refractivity contribution in [3.63, 3.8) is 0 Å². The number of thiazole rings is 1. The third kappa shape index (κ3) is 4.59. The molecule has 0 unspecified atom stereocenters. The summed E-state index contributed by atoms with van der Waals surface area (Å²) in [4.78, 5) is 17.0. The monoisotopic (exact) mass is 484 g/mol. The normalized spacial score (nSPS) is 15.2. The topological polar surface area (TPSA) is 76.6 Å². The zero-order valence-electron chi connectivity index (χ0n) is 15.6. The lowest BCUT2D eigenvalue weighted by Crippen LogP contribution is -2.38. The molecule has 0 aliphatic carbocycles. The first-order chi connectivity index (χ1) is 14.4. The van der Waals surface area contributed by atoms with Crippen molar-refractivity contribution < 1.29 is 22.3 Å². The maximum atomic E-state index is 13.1. The van der Waals surface area contributed by atoms with Gasteiger partial charge in [0, 0.05) is 35.5 Å². The smallest absolute Gasteiger partial charge is 0.350 e. The molecular formula is C19H17FN2O4S4. The highest BCUT2D eigenvalue weighted by Crippen LogP contribution is 2.28. The third-order valence-electron chi connectivity index (χ3n) is 4.40. The van der Waals surface area contributed by atoms with Gasteiger partial charge in [-0.2, -0.15) is 16.1 Å². The number of benzene rings is 1. The molecule has 2 aromatic heterocycles. The van der Waals surface area contributed by atoms with Crippen molar-refractivity contribution in [1.82, 2.24) is 9.29 Å². The number of rotatable bonds is 6. The number of aromatic nitrogens is 1. The lowest BCUT2D eigenvalue weighted by Gasteiger charge is -2.25. The van der Waals surface area contributed by atoms with Gasteiger partial charge in [-0.15, -0.1) is 22.7 Å². The van der Waals surface area contributed by atoms with Gasteiger partial charge in [0.2, 0.25) is 10.0 Å². The standard InChI is InChI=1S/C19H17FN2O4S4/c20-14-3-1-13(2-4-14)18-21-15(12-29-18)11-26-19(23)17-16(5-8-28-17)30(24,25)22-6-9-27-10-7-22/h1-5,8,12H,6-7,9-11H2. The third-order valence-corrected chi connectivity index (χ3v) is 9.24. The van der Waals surface area contributed by atoms with Gasteiger partial charge in [-0.3, -0.25) is 0 Å². The van der Waals surface area contributed by atoms with Crippen molar-refractivity contribution in [3.8, 4) is 10.6 Å². The van der Waals surface area contributed by atoms with E-state index in [1.807, 2.05) is 0 Å². The van der Waals surface area contributed by atoms with E-state index in [1.54, 1.807) is 34.7 Å². The first kappa shape index (κ1) is 21.4. The predicted molar refractivity (Wildman–Crippen MR) is 117 cm³/mol. The molecule has 1 aliphatic rings. The largest absolute Gasteiger partial charge is 0.455 e. The van der Waals surface area contributed by atoms with E-state index >= 15 is 0 Å². The first-order valence-corrected chi connectivity index (χ1v) is 13.3. The number of halogens is 1. The maximum Gasteiger partial charge on any atom is 0.350 e. The molecule has 1 aliphatic heterocycles. The number of carbonyl (C=O) groups excluding carboxylic acids is 1. The molecule has 1 saturated heterocycles. The van der Waals surface area contributed by atoms with Crippen LogP contribution in [0.5, 0.6) is 0 Å². The molecule has 0 radical (unpaired) electrons. The summed E-state index contributed by atoms with van der Waals surface area (Å²) < 4.78 is 45.6. The van der Waals surface area contributed by atoms with E-state index in [2.05, 4.69) is 4.98 Å². The summed E-state index contributed by atoms with van der Waals surface area (Å²) in [6, 6.07) is 7.43. The highest BCUT2D eigenvalue weighted by atomic mass is 32.2. The minimum absolute atomic E-state index is 0.00493. The molecule has 4 rings (SSSR count). The van der Waals surface area contributed by atoms with Gasteiger partial charge in [-0.1, -0.05) is 0 Å².